The van der Waals surface area contributed by atoms with Crippen molar-refractivity contribution in [1.29, 1.82) is 0 Å². The number of aromatic nitrogens is 4. The van der Waals surface area contributed by atoms with E-state index in [1.54, 1.807) is 0 Å². The number of carbonyl (C=O) groups excluding carboxylic acids is 4. The Hall–Kier alpha value is -7.50. The van der Waals surface area contributed by atoms with Gasteiger partial charge in [-0.15, -0.1) is 0 Å². The summed E-state index contributed by atoms with van der Waals surface area (Å²) in [6.07, 6.45) is -1.38. The van der Waals surface area contributed by atoms with Crippen LogP contribution < -0.4 is 26.0 Å². The Balaban J connectivity index is 1.39. The number of esters is 2. The van der Waals surface area contributed by atoms with E-state index in [4.69, 9.17) is 43.7 Å². The molecule has 62 heavy (non-hydrogen) atoms. The van der Waals surface area contributed by atoms with Gasteiger partial charge in [-0.2, -0.15) is 4.98 Å². The molecule has 2 aromatic carbocycles. The van der Waals surface area contributed by atoms with Crippen molar-refractivity contribution >= 4 is 72.5 Å². The molecule has 4 aromatic rings. The molecule has 1 fully saturated rings. The lowest BCUT2D eigenvalue weighted by molar-refractivity contribution is -0.154. The van der Waals surface area contributed by atoms with E-state index in [0.29, 0.717) is 6.42 Å². The molecule has 2 amide bonds. The zero-order valence-electron chi connectivity index (χ0n) is 32.0. The topological polar surface area (TPSA) is 365 Å². The Bertz CT molecular complexity index is 2470. The monoisotopic (exact) mass is 885 g/mol. The lowest BCUT2D eigenvalue weighted by Crippen LogP contribution is -2.41. The average molecular weight is 886 g/mol. The molecule has 3 heterocycles. The number of H-pyrrole nitrogens is 1. The maximum absolute atomic E-state index is 13.8. The highest BCUT2D eigenvalue weighted by Crippen LogP contribution is 2.52. The number of carboxylic acid groups (broad SMARTS) is 3. The van der Waals surface area contributed by atoms with E-state index in [2.05, 4.69) is 25.3 Å². The lowest BCUT2D eigenvalue weighted by Gasteiger charge is -2.24. The number of phosphoric acid groups is 1. The third-order valence-corrected chi connectivity index (χ3v) is 9.71. The summed E-state index contributed by atoms with van der Waals surface area (Å²) >= 11 is 0. The smallest absolute Gasteiger partial charge is 0.481 e. The van der Waals surface area contributed by atoms with Gasteiger partial charge in [-0.1, -0.05) is 6.07 Å². The Morgan fingerprint density at radius 2 is 1.63 bits per heavy atom. The number of hydrogen-bond donors (Lipinski definition) is 6. The standard InChI is InChI=1S/C36H36N7O18P/c37-35-41-30-29(32(50)42-35)39-21(15-38-30)16-43(22-5-3-20(4-6-22)31(49)40-24(33(51)52)7-9-26(44)45)36(54)56-17-19-2-8-25(61-62(55)59-12-1-13-60-62)23(14-19)34(53)58-18-57-28(48)11-10-27(46)47/h2-6,8,14-15,24H,1,7,9-13,16-18H2,(H,40,49)(H,44,45)(H,46,47)(H,51,52)(H3,37,38,41,42,50). The minimum absolute atomic E-state index is 0.0242. The molecule has 1 aliphatic heterocycles. The molecule has 5 rings (SSSR count). The zero-order valence-corrected chi connectivity index (χ0v) is 32.9. The first kappa shape index (κ1) is 45.6. The lowest BCUT2D eigenvalue weighted by atomic mass is 10.1. The van der Waals surface area contributed by atoms with E-state index in [0.717, 1.165) is 11.0 Å². The number of anilines is 2. The molecule has 1 unspecified atom stereocenters. The van der Waals surface area contributed by atoms with Crippen LogP contribution in [-0.2, 0) is 60.2 Å². The van der Waals surface area contributed by atoms with Gasteiger partial charge in [-0.3, -0.25) is 42.9 Å². The molecule has 0 spiro atoms. The summed E-state index contributed by atoms with van der Waals surface area (Å²) in [5.41, 5.74) is 4.37. The fourth-order valence-electron chi connectivity index (χ4n) is 5.29. The van der Waals surface area contributed by atoms with Crippen LogP contribution in [0.15, 0.2) is 53.5 Å². The van der Waals surface area contributed by atoms with Gasteiger partial charge in [-0.05, 0) is 54.8 Å². The second-order valence-electron chi connectivity index (χ2n) is 12.8. The van der Waals surface area contributed by atoms with Crippen LogP contribution in [0.5, 0.6) is 5.75 Å². The van der Waals surface area contributed by atoms with Gasteiger partial charge in [0.15, 0.2) is 11.2 Å². The largest absolute Gasteiger partial charge is 0.530 e. The van der Waals surface area contributed by atoms with Crippen LogP contribution in [0.2, 0.25) is 0 Å². The molecule has 2 aromatic heterocycles. The van der Waals surface area contributed by atoms with Crippen molar-refractivity contribution in [2.75, 3.05) is 30.6 Å². The van der Waals surface area contributed by atoms with Crippen molar-refractivity contribution in [3.8, 4) is 5.75 Å². The van der Waals surface area contributed by atoms with Crippen molar-refractivity contribution in [3.05, 3.63) is 81.4 Å². The molecule has 7 N–H and O–H groups in total. The van der Waals surface area contributed by atoms with Crippen molar-refractivity contribution < 1.29 is 81.2 Å². The van der Waals surface area contributed by atoms with Crippen LogP contribution in [0.1, 0.15) is 64.1 Å². The predicted octanol–water partition coefficient (Wildman–Crippen LogP) is 2.13. The first-order valence-electron chi connectivity index (χ1n) is 18.1. The van der Waals surface area contributed by atoms with Crippen LogP contribution in [0.4, 0.5) is 16.4 Å². The Labute approximate surface area is 347 Å². The van der Waals surface area contributed by atoms with E-state index in [-0.39, 0.29) is 65.0 Å². The van der Waals surface area contributed by atoms with Gasteiger partial charge in [-0.25, -0.2) is 28.9 Å². The molecule has 328 valence electrons. The summed E-state index contributed by atoms with van der Waals surface area (Å²) in [4.78, 5) is 113. The number of nitrogen functional groups attached to an aromatic ring is 1. The van der Waals surface area contributed by atoms with Crippen LogP contribution in [-0.4, -0.2) is 103 Å². The third kappa shape index (κ3) is 12.8. The fraction of sp³-hybridized carbons (Fsp3) is 0.306. The number of carbonyl (C=O) groups is 7. The van der Waals surface area contributed by atoms with Gasteiger partial charge in [0, 0.05) is 17.7 Å². The molecular weight excluding hydrogens is 849 g/mol. The van der Waals surface area contributed by atoms with Crippen LogP contribution in [0.25, 0.3) is 11.2 Å². The minimum Gasteiger partial charge on any atom is -0.481 e. The summed E-state index contributed by atoms with van der Waals surface area (Å²) in [6, 6.07) is 7.24. The normalized spacial score (nSPS) is 13.5. The number of ether oxygens (including phenoxy) is 3. The highest BCUT2D eigenvalue weighted by molar-refractivity contribution is 7.49. The van der Waals surface area contributed by atoms with E-state index in [1.165, 1.54) is 42.6 Å². The van der Waals surface area contributed by atoms with Crippen molar-refractivity contribution in [3.63, 3.8) is 0 Å². The van der Waals surface area contributed by atoms with Crippen molar-refractivity contribution in [2.45, 2.75) is 51.3 Å². The van der Waals surface area contributed by atoms with Gasteiger partial charge in [0.25, 0.3) is 11.5 Å². The summed E-state index contributed by atoms with van der Waals surface area (Å²) in [6.45, 7) is -1.84. The SMILES string of the molecule is Nc1nc2ncc(CN(C(=O)OCc3ccc(OP4(=O)OCCCO4)c(C(=O)OCOC(=O)CCC(=O)O)c3)c3ccc(C(=O)NC(CCC(=O)O)C(=O)O)cc3)nc2c(=O)[nH]1. The van der Waals surface area contributed by atoms with Gasteiger partial charge in [0.05, 0.1) is 44.5 Å². The maximum atomic E-state index is 13.8. The number of fused-ring (bicyclic) bond motifs is 1. The number of nitrogens with zero attached hydrogens (tertiary/aromatic N) is 4. The molecule has 0 saturated carbocycles. The second-order valence-corrected chi connectivity index (χ2v) is 14.4. The molecule has 26 heteroatoms. The Morgan fingerprint density at radius 1 is 0.919 bits per heavy atom. The minimum atomic E-state index is -4.19. The number of phosphoric ester groups is 1. The Morgan fingerprint density at radius 3 is 2.31 bits per heavy atom. The van der Waals surface area contributed by atoms with Crippen LogP contribution in [0.3, 0.4) is 0 Å². The molecule has 1 atom stereocenters. The molecule has 1 saturated heterocycles. The highest BCUT2D eigenvalue weighted by atomic mass is 31.2. The summed E-state index contributed by atoms with van der Waals surface area (Å²) in [7, 11) is -4.19. The number of rotatable bonds is 19. The zero-order chi connectivity index (χ0) is 45.0. The number of benzene rings is 2. The number of nitrogens with two attached hydrogens (primary N) is 1. The number of amides is 2. The summed E-state index contributed by atoms with van der Waals surface area (Å²) in [5.74, 6) is -7.55. The van der Waals surface area contributed by atoms with E-state index in [9.17, 15) is 48.0 Å². The summed E-state index contributed by atoms with van der Waals surface area (Å²) < 4.78 is 44.1. The van der Waals surface area contributed by atoms with E-state index >= 15 is 0 Å². The third-order valence-electron chi connectivity index (χ3n) is 8.29. The van der Waals surface area contributed by atoms with Gasteiger partial charge in [0.2, 0.25) is 12.7 Å². The summed E-state index contributed by atoms with van der Waals surface area (Å²) in [5, 5.41) is 29.4. The quantitative estimate of drug-likeness (QED) is 0.0446. The number of carboxylic acids is 3. The molecule has 0 radical (unpaired) electrons. The molecule has 0 bridgehead atoms. The van der Waals surface area contributed by atoms with Gasteiger partial charge >= 0.3 is 43.8 Å². The van der Waals surface area contributed by atoms with Crippen molar-refractivity contribution in [1.82, 2.24) is 25.3 Å². The predicted molar refractivity (Wildman–Crippen MR) is 205 cm³/mol. The van der Waals surface area contributed by atoms with Crippen LogP contribution in [0, 0.1) is 0 Å². The van der Waals surface area contributed by atoms with Gasteiger partial charge in [0.1, 0.15) is 24.0 Å². The first-order valence-corrected chi connectivity index (χ1v) is 19.5. The molecule has 25 nitrogen and oxygen atoms in total. The molecule has 0 aliphatic carbocycles. The number of aromatic amines is 1. The van der Waals surface area contributed by atoms with E-state index < -0.39 is 106 Å². The maximum Gasteiger partial charge on any atom is 0.530 e. The first-order chi connectivity index (χ1) is 29.5. The fourth-order valence-corrected chi connectivity index (χ4v) is 6.57. The van der Waals surface area contributed by atoms with E-state index in [1.807, 2.05) is 0 Å². The second kappa shape index (κ2) is 20.7. The highest BCUT2D eigenvalue weighted by Gasteiger charge is 2.34. The average Bonchev–Trinajstić information content (AvgIpc) is 3.23. The van der Waals surface area contributed by atoms with Gasteiger partial charge < -0.3 is 45.1 Å². The molecular formula is C36H36N7O18P. The van der Waals surface area contributed by atoms with Crippen LogP contribution >= 0.6 is 7.82 Å². The Kier molecular flexibility index (Phi) is 15.2. The number of aliphatic carboxylic acids is 3. The number of hydrogen-bond acceptors (Lipinski definition) is 19. The number of nitrogens with one attached hydrogen (secondary N) is 2. The van der Waals surface area contributed by atoms with Crippen molar-refractivity contribution in [2.24, 2.45) is 0 Å². The molecule has 1 aliphatic rings.